The highest BCUT2D eigenvalue weighted by Gasteiger charge is 2.14. The first-order valence-electron chi connectivity index (χ1n) is 7.45. The van der Waals surface area contributed by atoms with Crippen molar-refractivity contribution in [3.63, 3.8) is 0 Å². The van der Waals surface area contributed by atoms with E-state index in [4.69, 9.17) is 11.6 Å². The van der Waals surface area contributed by atoms with Gasteiger partial charge in [0.05, 0.1) is 6.54 Å². The summed E-state index contributed by atoms with van der Waals surface area (Å²) in [4.78, 5) is 25.2. The highest BCUT2D eigenvalue weighted by atomic mass is 35.5. The van der Waals surface area contributed by atoms with Gasteiger partial charge in [0.2, 0.25) is 11.8 Å². The average Bonchev–Trinajstić information content (AvgIpc) is 2.55. The lowest BCUT2D eigenvalue weighted by molar-refractivity contribution is -0.135. The molecule has 2 amide bonds. The van der Waals surface area contributed by atoms with Gasteiger partial charge in [-0.3, -0.25) is 9.59 Å². The molecule has 0 atom stereocenters. The van der Waals surface area contributed by atoms with E-state index in [0.717, 1.165) is 11.1 Å². The fourth-order valence-corrected chi connectivity index (χ4v) is 2.25. The summed E-state index contributed by atoms with van der Waals surface area (Å²) in [6.45, 7) is 1.96. The van der Waals surface area contributed by atoms with Crippen LogP contribution in [-0.4, -0.2) is 23.3 Å². The van der Waals surface area contributed by atoms with Gasteiger partial charge in [-0.25, -0.2) is 4.39 Å². The Balaban J connectivity index is 1.89. The quantitative estimate of drug-likeness (QED) is 0.871. The maximum absolute atomic E-state index is 12.9. The maximum Gasteiger partial charge on any atom is 0.239 e. The Morgan fingerprint density at radius 3 is 2.21 bits per heavy atom. The highest BCUT2D eigenvalue weighted by Crippen LogP contribution is 2.09. The summed E-state index contributed by atoms with van der Waals surface area (Å²) < 4.78 is 12.9. The Hall–Kier alpha value is -2.40. The molecule has 0 bridgehead atoms. The summed E-state index contributed by atoms with van der Waals surface area (Å²) in [6, 6.07) is 13.0. The smallest absolute Gasteiger partial charge is 0.239 e. The van der Waals surface area contributed by atoms with E-state index in [2.05, 4.69) is 5.32 Å². The second-order valence-electron chi connectivity index (χ2n) is 5.40. The average molecular weight is 349 g/mol. The number of nitrogens with one attached hydrogen (secondary N) is 1. The molecule has 0 heterocycles. The molecule has 1 N–H and O–H groups in total. The van der Waals surface area contributed by atoms with Gasteiger partial charge < -0.3 is 10.2 Å². The maximum atomic E-state index is 12.9. The van der Waals surface area contributed by atoms with E-state index < -0.39 is 0 Å². The van der Waals surface area contributed by atoms with E-state index in [1.54, 1.807) is 24.3 Å². The number of hydrogen-bond acceptors (Lipinski definition) is 2. The molecule has 0 aromatic heterocycles. The van der Waals surface area contributed by atoms with Crippen molar-refractivity contribution in [2.75, 3.05) is 6.54 Å². The summed E-state index contributed by atoms with van der Waals surface area (Å²) >= 11 is 5.81. The Bertz CT molecular complexity index is 702. The molecule has 2 aromatic carbocycles. The Morgan fingerprint density at radius 1 is 1.04 bits per heavy atom. The molecule has 126 valence electrons. The van der Waals surface area contributed by atoms with E-state index in [9.17, 15) is 14.0 Å². The predicted octanol–water partition coefficient (Wildman–Crippen LogP) is 3.14. The van der Waals surface area contributed by atoms with Crippen molar-refractivity contribution in [2.24, 2.45) is 0 Å². The second-order valence-corrected chi connectivity index (χ2v) is 5.84. The first kappa shape index (κ1) is 17.9. The molecule has 0 fully saturated rings. The van der Waals surface area contributed by atoms with Crippen LogP contribution in [0, 0.1) is 5.82 Å². The van der Waals surface area contributed by atoms with Crippen molar-refractivity contribution in [3.8, 4) is 0 Å². The van der Waals surface area contributed by atoms with Crippen LogP contribution in [0.15, 0.2) is 48.5 Å². The number of nitrogens with zero attached hydrogens (tertiary/aromatic N) is 1. The third-order valence-corrected chi connectivity index (χ3v) is 3.72. The third-order valence-electron chi connectivity index (χ3n) is 3.47. The summed E-state index contributed by atoms with van der Waals surface area (Å²) in [6.07, 6.45) is 0. The van der Waals surface area contributed by atoms with Crippen molar-refractivity contribution in [1.29, 1.82) is 0 Å². The van der Waals surface area contributed by atoms with Gasteiger partial charge in [-0.05, 0) is 35.4 Å². The van der Waals surface area contributed by atoms with E-state index in [1.807, 2.05) is 12.1 Å². The molecule has 0 spiro atoms. The SMILES string of the molecule is CC(=O)N(CC(=O)NCc1ccc(Cl)cc1)Cc1ccc(F)cc1. The topological polar surface area (TPSA) is 49.4 Å². The van der Waals surface area contributed by atoms with E-state index in [0.29, 0.717) is 11.6 Å². The molecule has 24 heavy (non-hydrogen) atoms. The lowest BCUT2D eigenvalue weighted by atomic mass is 10.2. The molecule has 0 aliphatic carbocycles. The second kappa shape index (κ2) is 8.45. The standard InChI is InChI=1S/C18H18ClFN2O2/c1-13(23)22(11-15-4-8-17(20)9-5-15)12-18(24)21-10-14-2-6-16(19)7-3-14/h2-9H,10-12H2,1H3,(H,21,24). The minimum absolute atomic E-state index is 0.0553. The molecule has 0 saturated carbocycles. The van der Waals surface area contributed by atoms with Gasteiger partial charge in [0.25, 0.3) is 0 Å². The number of carbonyl (C=O) groups excluding carboxylic acids is 2. The van der Waals surface area contributed by atoms with Crippen molar-refractivity contribution in [1.82, 2.24) is 10.2 Å². The molecule has 0 aliphatic rings. The fourth-order valence-electron chi connectivity index (χ4n) is 2.12. The number of amides is 2. The van der Waals surface area contributed by atoms with Gasteiger partial charge in [0.1, 0.15) is 5.82 Å². The number of carbonyl (C=O) groups is 2. The Morgan fingerprint density at radius 2 is 1.62 bits per heavy atom. The Labute approximate surface area is 145 Å². The van der Waals surface area contributed by atoms with Crippen LogP contribution in [0.1, 0.15) is 18.1 Å². The minimum atomic E-state index is -0.339. The molecule has 6 heteroatoms. The molecule has 0 unspecified atom stereocenters. The van der Waals surface area contributed by atoms with Gasteiger partial charge in [-0.1, -0.05) is 35.9 Å². The van der Waals surface area contributed by atoms with Crippen molar-refractivity contribution < 1.29 is 14.0 Å². The normalized spacial score (nSPS) is 10.3. The van der Waals surface area contributed by atoms with Crippen LogP contribution in [0.4, 0.5) is 4.39 Å². The molecule has 2 rings (SSSR count). The van der Waals surface area contributed by atoms with E-state index in [-0.39, 0.29) is 30.7 Å². The molecular formula is C18H18ClFN2O2. The summed E-state index contributed by atoms with van der Waals surface area (Å²) in [5.41, 5.74) is 1.68. The summed E-state index contributed by atoms with van der Waals surface area (Å²) in [5, 5.41) is 3.39. The van der Waals surface area contributed by atoms with Crippen LogP contribution >= 0.6 is 11.6 Å². The number of hydrogen-bond donors (Lipinski definition) is 1. The summed E-state index contributed by atoms with van der Waals surface area (Å²) in [7, 11) is 0. The lowest BCUT2D eigenvalue weighted by Crippen LogP contribution is -2.39. The predicted molar refractivity (Wildman–Crippen MR) is 90.8 cm³/mol. The molecular weight excluding hydrogens is 331 g/mol. The highest BCUT2D eigenvalue weighted by molar-refractivity contribution is 6.30. The van der Waals surface area contributed by atoms with Gasteiger partial charge in [0, 0.05) is 25.0 Å². The third kappa shape index (κ3) is 5.66. The first-order chi connectivity index (χ1) is 11.4. The first-order valence-corrected chi connectivity index (χ1v) is 7.83. The largest absolute Gasteiger partial charge is 0.350 e. The molecule has 4 nitrogen and oxygen atoms in total. The van der Waals surface area contributed by atoms with Crippen molar-refractivity contribution in [2.45, 2.75) is 20.0 Å². The zero-order valence-electron chi connectivity index (χ0n) is 13.3. The molecule has 0 saturated heterocycles. The van der Waals surface area contributed by atoms with Crippen LogP contribution in [0.5, 0.6) is 0 Å². The van der Waals surface area contributed by atoms with E-state index >= 15 is 0 Å². The zero-order valence-corrected chi connectivity index (χ0v) is 14.0. The lowest BCUT2D eigenvalue weighted by Gasteiger charge is -2.20. The van der Waals surface area contributed by atoms with Crippen molar-refractivity contribution in [3.05, 3.63) is 70.5 Å². The monoisotopic (exact) mass is 348 g/mol. The van der Waals surface area contributed by atoms with Crippen LogP contribution < -0.4 is 5.32 Å². The van der Waals surface area contributed by atoms with Crippen molar-refractivity contribution >= 4 is 23.4 Å². The number of halogens is 2. The molecule has 0 radical (unpaired) electrons. The van der Waals surface area contributed by atoms with Crippen LogP contribution in [0.25, 0.3) is 0 Å². The van der Waals surface area contributed by atoms with Gasteiger partial charge >= 0.3 is 0 Å². The van der Waals surface area contributed by atoms with Crippen LogP contribution in [-0.2, 0) is 22.7 Å². The van der Waals surface area contributed by atoms with Gasteiger partial charge in [-0.15, -0.1) is 0 Å². The number of rotatable bonds is 6. The molecule has 2 aromatic rings. The van der Waals surface area contributed by atoms with Gasteiger partial charge in [-0.2, -0.15) is 0 Å². The molecule has 0 aliphatic heterocycles. The Kier molecular flexibility index (Phi) is 6.32. The minimum Gasteiger partial charge on any atom is -0.350 e. The number of benzene rings is 2. The van der Waals surface area contributed by atoms with Crippen LogP contribution in [0.2, 0.25) is 5.02 Å². The summed E-state index contributed by atoms with van der Waals surface area (Å²) in [5.74, 6) is -0.822. The van der Waals surface area contributed by atoms with Crippen LogP contribution in [0.3, 0.4) is 0 Å². The van der Waals surface area contributed by atoms with Gasteiger partial charge in [0.15, 0.2) is 0 Å². The zero-order chi connectivity index (χ0) is 17.5. The van der Waals surface area contributed by atoms with E-state index in [1.165, 1.54) is 24.0 Å². The fraction of sp³-hybridized carbons (Fsp3) is 0.222.